The van der Waals surface area contributed by atoms with Crippen molar-refractivity contribution in [3.63, 3.8) is 0 Å². The molecule has 2 aromatic rings. The number of aromatic nitrogens is 2. The molecule has 0 aliphatic carbocycles. The Bertz CT molecular complexity index is 931. The molecule has 0 bridgehead atoms. The zero-order chi connectivity index (χ0) is 20.7. The Labute approximate surface area is 161 Å². The van der Waals surface area contributed by atoms with E-state index in [0.29, 0.717) is 25.7 Å². The summed E-state index contributed by atoms with van der Waals surface area (Å²) in [6.07, 6.45) is -3.22. The van der Waals surface area contributed by atoms with Crippen LogP contribution in [0.2, 0.25) is 0 Å². The SMILES string of the molecule is Cn1ccc(S(=O)(=O)N2CCN(c3ccc(C(C)(O)C(F)(F)F)cc3)CC2)n1. The van der Waals surface area contributed by atoms with Crippen LogP contribution < -0.4 is 4.90 Å². The van der Waals surface area contributed by atoms with Crippen molar-refractivity contribution < 1.29 is 26.7 Å². The fraction of sp³-hybridized carbons (Fsp3) is 0.471. The molecule has 0 saturated carbocycles. The molecule has 1 unspecified atom stereocenters. The normalized spacial score (nSPS) is 18.9. The van der Waals surface area contributed by atoms with Gasteiger partial charge in [0.1, 0.15) is 0 Å². The molecule has 0 amide bonds. The summed E-state index contributed by atoms with van der Waals surface area (Å²) in [6.45, 7) is 1.97. The zero-order valence-corrected chi connectivity index (χ0v) is 16.2. The van der Waals surface area contributed by atoms with E-state index < -0.39 is 21.8 Å². The molecule has 2 heterocycles. The lowest BCUT2D eigenvalue weighted by atomic mass is 9.95. The summed E-state index contributed by atoms with van der Waals surface area (Å²) >= 11 is 0. The Morgan fingerprint density at radius 1 is 1.04 bits per heavy atom. The number of sulfonamides is 1. The Morgan fingerprint density at radius 3 is 2.07 bits per heavy atom. The fourth-order valence-corrected chi connectivity index (χ4v) is 4.38. The van der Waals surface area contributed by atoms with Crippen LogP contribution in [-0.4, -0.2) is 60.0 Å². The number of rotatable bonds is 4. The second-order valence-corrected chi connectivity index (χ2v) is 8.72. The summed E-state index contributed by atoms with van der Waals surface area (Å²) < 4.78 is 66.8. The summed E-state index contributed by atoms with van der Waals surface area (Å²) in [4.78, 5) is 1.89. The Morgan fingerprint density at radius 2 is 1.61 bits per heavy atom. The quantitative estimate of drug-likeness (QED) is 0.818. The molecule has 1 saturated heterocycles. The summed E-state index contributed by atoms with van der Waals surface area (Å²) in [6, 6.07) is 6.91. The molecule has 1 N–H and O–H groups in total. The van der Waals surface area contributed by atoms with Gasteiger partial charge in [0, 0.05) is 45.1 Å². The number of aryl methyl sites for hydroxylation is 1. The maximum Gasteiger partial charge on any atom is 0.421 e. The lowest BCUT2D eigenvalue weighted by Gasteiger charge is -2.35. The molecule has 28 heavy (non-hydrogen) atoms. The van der Waals surface area contributed by atoms with Crippen molar-refractivity contribution >= 4 is 15.7 Å². The number of hydrogen-bond donors (Lipinski definition) is 1. The fourth-order valence-electron chi connectivity index (χ4n) is 3.01. The summed E-state index contributed by atoms with van der Waals surface area (Å²) in [5.41, 5.74) is -2.52. The Kier molecular flexibility index (Phi) is 5.19. The Balaban J connectivity index is 1.69. The third kappa shape index (κ3) is 3.74. The smallest absolute Gasteiger partial charge is 0.376 e. The van der Waals surface area contributed by atoms with Gasteiger partial charge in [-0.1, -0.05) is 12.1 Å². The zero-order valence-electron chi connectivity index (χ0n) is 15.4. The van der Waals surface area contributed by atoms with Gasteiger partial charge in [-0.25, -0.2) is 8.42 Å². The predicted octanol–water partition coefficient (Wildman–Crippen LogP) is 1.70. The van der Waals surface area contributed by atoms with Gasteiger partial charge in [-0.2, -0.15) is 22.6 Å². The van der Waals surface area contributed by atoms with Crippen molar-refractivity contribution in [2.45, 2.75) is 23.7 Å². The summed E-state index contributed by atoms with van der Waals surface area (Å²) in [7, 11) is -2.04. The number of nitrogens with zero attached hydrogens (tertiary/aromatic N) is 4. The highest BCUT2D eigenvalue weighted by Crippen LogP contribution is 2.38. The third-order valence-electron chi connectivity index (χ3n) is 4.88. The van der Waals surface area contributed by atoms with E-state index in [9.17, 15) is 26.7 Å². The van der Waals surface area contributed by atoms with Gasteiger partial charge in [0.25, 0.3) is 10.0 Å². The van der Waals surface area contributed by atoms with Gasteiger partial charge in [0.05, 0.1) is 0 Å². The summed E-state index contributed by atoms with van der Waals surface area (Å²) in [5.74, 6) is 0. The van der Waals surface area contributed by atoms with Crippen LogP contribution >= 0.6 is 0 Å². The van der Waals surface area contributed by atoms with Gasteiger partial charge in [0.2, 0.25) is 0 Å². The lowest BCUT2D eigenvalue weighted by Crippen LogP contribution is -2.48. The van der Waals surface area contributed by atoms with Crippen LogP contribution in [0, 0.1) is 0 Å². The molecule has 1 fully saturated rings. The van der Waals surface area contributed by atoms with Crippen LogP contribution in [0.15, 0.2) is 41.6 Å². The van der Waals surface area contributed by atoms with E-state index in [1.807, 2.05) is 4.90 Å². The molecule has 1 aliphatic rings. The molecule has 7 nitrogen and oxygen atoms in total. The molecule has 154 valence electrons. The van der Waals surface area contributed by atoms with Gasteiger partial charge in [-0.05, 0) is 30.7 Å². The first-order valence-corrected chi connectivity index (χ1v) is 10.0. The van der Waals surface area contributed by atoms with Crippen LogP contribution in [0.5, 0.6) is 0 Å². The van der Waals surface area contributed by atoms with E-state index in [-0.39, 0.29) is 23.7 Å². The van der Waals surface area contributed by atoms with Crippen LogP contribution in [-0.2, 0) is 22.7 Å². The second-order valence-electron chi connectivity index (χ2n) is 6.84. The maximum absolute atomic E-state index is 12.9. The highest BCUT2D eigenvalue weighted by molar-refractivity contribution is 7.89. The van der Waals surface area contributed by atoms with E-state index in [4.69, 9.17) is 0 Å². The topological polar surface area (TPSA) is 78.7 Å². The average molecular weight is 418 g/mol. The van der Waals surface area contributed by atoms with Gasteiger partial charge in [-0.15, -0.1) is 0 Å². The van der Waals surface area contributed by atoms with Crippen LogP contribution in [0.1, 0.15) is 12.5 Å². The molecule has 1 aromatic carbocycles. The third-order valence-corrected chi connectivity index (χ3v) is 6.67. The molecule has 0 radical (unpaired) electrons. The molecule has 3 rings (SSSR count). The minimum Gasteiger partial charge on any atom is -0.376 e. The van der Waals surface area contributed by atoms with Crippen LogP contribution in [0.25, 0.3) is 0 Å². The van der Waals surface area contributed by atoms with Crippen molar-refractivity contribution in [1.29, 1.82) is 0 Å². The lowest BCUT2D eigenvalue weighted by molar-refractivity contribution is -0.258. The van der Waals surface area contributed by atoms with Crippen molar-refractivity contribution in [3.8, 4) is 0 Å². The second kappa shape index (κ2) is 7.05. The molecule has 11 heteroatoms. The molecule has 1 atom stereocenters. The first-order chi connectivity index (χ1) is 12.9. The number of halogens is 3. The van der Waals surface area contributed by atoms with Crippen LogP contribution in [0.4, 0.5) is 18.9 Å². The number of piperazine rings is 1. The van der Waals surface area contributed by atoms with E-state index in [0.717, 1.165) is 0 Å². The first-order valence-electron chi connectivity index (χ1n) is 8.57. The Hall–Kier alpha value is -2.11. The predicted molar refractivity (Wildman–Crippen MR) is 96.2 cm³/mol. The monoisotopic (exact) mass is 418 g/mol. The van der Waals surface area contributed by atoms with Crippen molar-refractivity contribution in [1.82, 2.24) is 14.1 Å². The van der Waals surface area contributed by atoms with Crippen LogP contribution in [0.3, 0.4) is 0 Å². The minimum absolute atomic E-state index is 0.0119. The van der Waals surface area contributed by atoms with Gasteiger partial charge >= 0.3 is 6.18 Å². The number of anilines is 1. The number of hydrogen-bond acceptors (Lipinski definition) is 5. The standard InChI is InChI=1S/C17H21F3N4O3S/c1-16(25,17(18,19)20)13-3-5-14(6-4-13)23-9-11-24(12-10-23)28(26,27)15-7-8-22(2)21-15/h3-8,25H,9-12H2,1-2H3. The van der Waals surface area contributed by atoms with Gasteiger partial charge in [0.15, 0.2) is 10.6 Å². The van der Waals surface area contributed by atoms with E-state index in [1.54, 1.807) is 13.2 Å². The highest BCUT2D eigenvalue weighted by atomic mass is 32.2. The summed E-state index contributed by atoms with van der Waals surface area (Å²) in [5, 5.41) is 13.7. The number of alkyl halides is 3. The molecular weight excluding hydrogens is 397 g/mol. The van der Waals surface area contributed by atoms with Crippen molar-refractivity contribution in [3.05, 3.63) is 42.1 Å². The molecular formula is C17H21F3N4O3S. The maximum atomic E-state index is 12.9. The number of aliphatic hydroxyl groups is 1. The molecule has 1 aliphatic heterocycles. The highest BCUT2D eigenvalue weighted by Gasteiger charge is 2.51. The number of benzene rings is 1. The molecule has 1 aromatic heterocycles. The van der Waals surface area contributed by atoms with E-state index in [1.165, 1.54) is 39.3 Å². The van der Waals surface area contributed by atoms with E-state index >= 15 is 0 Å². The van der Waals surface area contributed by atoms with Crippen molar-refractivity contribution in [2.75, 3.05) is 31.1 Å². The average Bonchev–Trinajstić information content (AvgIpc) is 3.08. The largest absolute Gasteiger partial charge is 0.421 e. The van der Waals surface area contributed by atoms with Crippen molar-refractivity contribution in [2.24, 2.45) is 7.05 Å². The first kappa shape index (κ1) is 20.6. The van der Waals surface area contributed by atoms with E-state index in [2.05, 4.69) is 5.10 Å². The van der Waals surface area contributed by atoms with Gasteiger partial charge in [-0.3, -0.25) is 4.68 Å². The molecule has 0 spiro atoms. The van der Waals surface area contributed by atoms with Gasteiger partial charge < -0.3 is 10.0 Å². The minimum atomic E-state index is -4.78.